The Morgan fingerprint density at radius 3 is 2.35 bits per heavy atom. The summed E-state index contributed by atoms with van der Waals surface area (Å²) in [7, 11) is 1.72. The first-order valence-electron chi connectivity index (χ1n) is 7.12. The van der Waals surface area contributed by atoms with Crippen molar-refractivity contribution in [1.29, 1.82) is 0 Å². The van der Waals surface area contributed by atoms with E-state index < -0.39 is 0 Å². The molecule has 0 bridgehead atoms. The van der Waals surface area contributed by atoms with E-state index in [2.05, 4.69) is 30.3 Å². The van der Waals surface area contributed by atoms with Crippen molar-refractivity contribution in [2.75, 3.05) is 7.11 Å². The second-order valence-corrected chi connectivity index (χ2v) is 5.47. The molecule has 0 radical (unpaired) electrons. The van der Waals surface area contributed by atoms with Gasteiger partial charge in [-0.3, -0.25) is 0 Å². The van der Waals surface area contributed by atoms with E-state index in [1.165, 1.54) is 36.6 Å². The van der Waals surface area contributed by atoms with E-state index in [1.807, 2.05) is 6.07 Å². The maximum absolute atomic E-state index is 6.52. The second kappa shape index (κ2) is 6.47. The molecule has 1 atom stereocenters. The first kappa shape index (κ1) is 15.1. The molecule has 2 aromatic carbocycles. The highest BCUT2D eigenvalue weighted by atomic mass is 35.5. The zero-order valence-electron chi connectivity index (χ0n) is 11.8. The number of hydrogen-bond donors (Lipinski definition) is 1. The molecular weight excluding hydrogens is 270 g/mol. The zero-order valence-corrected chi connectivity index (χ0v) is 12.7. The lowest BCUT2D eigenvalue weighted by Crippen LogP contribution is -2.19. The normalized spacial score (nSPS) is 16.9. The molecule has 20 heavy (non-hydrogen) atoms. The quantitative estimate of drug-likeness (QED) is 0.906. The van der Waals surface area contributed by atoms with Crippen LogP contribution in [0.4, 0.5) is 0 Å². The van der Waals surface area contributed by atoms with Crippen LogP contribution in [0.1, 0.15) is 37.3 Å². The van der Waals surface area contributed by atoms with Gasteiger partial charge in [0.15, 0.2) is 0 Å². The fourth-order valence-corrected chi connectivity index (χ4v) is 3.33. The lowest BCUT2D eigenvalue weighted by molar-refractivity contribution is 0.418. The minimum atomic E-state index is 0. The SMILES string of the molecule is COc1ccc([C@H](N)C2CCCC2)c2ccccc12.Cl. The summed E-state index contributed by atoms with van der Waals surface area (Å²) in [5, 5.41) is 2.40. The minimum absolute atomic E-state index is 0. The molecule has 0 aliphatic heterocycles. The smallest absolute Gasteiger partial charge is 0.126 e. The summed E-state index contributed by atoms with van der Waals surface area (Å²) in [4.78, 5) is 0. The number of ether oxygens (including phenoxy) is 1. The summed E-state index contributed by atoms with van der Waals surface area (Å²) in [5.74, 6) is 1.56. The van der Waals surface area contributed by atoms with Crippen molar-refractivity contribution in [3.63, 3.8) is 0 Å². The summed E-state index contributed by atoms with van der Waals surface area (Å²) < 4.78 is 5.45. The van der Waals surface area contributed by atoms with E-state index in [9.17, 15) is 0 Å². The van der Waals surface area contributed by atoms with Gasteiger partial charge in [-0.05, 0) is 35.8 Å². The van der Waals surface area contributed by atoms with Gasteiger partial charge >= 0.3 is 0 Å². The van der Waals surface area contributed by atoms with Crippen LogP contribution < -0.4 is 10.5 Å². The van der Waals surface area contributed by atoms with Gasteiger partial charge in [-0.1, -0.05) is 43.2 Å². The van der Waals surface area contributed by atoms with Crippen LogP contribution >= 0.6 is 12.4 Å². The predicted octanol–water partition coefficient (Wildman–Crippen LogP) is 4.46. The highest BCUT2D eigenvalue weighted by Crippen LogP contribution is 2.38. The first-order chi connectivity index (χ1) is 9.31. The van der Waals surface area contributed by atoms with Crippen LogP contribution in [0.5, 0.6) is 5.75 Å². The zero-order chi connectivity index (χ0) is 13.2. The fourth-order valence-electron chi connectivity index (χ4n) is 3.33. The van der Waals surface area contributed by atoms with E-state index >= 15 is 0 Å². The van der Waals surface area contributed by atoms with Crippen LogP contribution in [0.3, 0.4) is 0 Å². The monoisotopic (exact) mass is 291 g/mol. The summed E-state index contributed by atoms with van der Waals surface area (Å²) in [6, 6.07) is 12.7. The van der Waals surface area contributed by atoms with Crippen LogP contribution in [-0.2, 0) is 0 Å². The highest BCUT2D eigenvalue weighted by molar-refractivity contribution is 5.91. The molecule has 0 heterocycles. The first-order valence-corrected chi connectivity index (χ1v) is 7.12. The third kappa shape index (κ3) is 2.63. The van der Waals surface area contributed by atoms with Crippen LogP contribution in [0.15, 0.2) is 36.4 Å². The Morgan fingerprint density at radius 1 is 1.05 bits per heavy atom. The summed E-state index contributed by atoms with van der Waals surface area (Å²) in [5.41, 5.74) is 7.78. The molecule has 108 valence electrons. The maximum Gasteiger partial charge on any atom is 0.126 e. The summed E-state index contributed by atoms with van der Waals surface area (Å²) >= 11 is 0. The van der Waals surface area contributed by atoms with Gasteiger partial charge < -0.3 is 10.5 Å². The number of benzene rings is 2. The van der Waals surface area contributed by atoms with E-state index in [4.69, 9.17) is 10.5 Å². The number of fused-ring (bicyclic) bond motifs is 1. The highest BCUT2D eigenvalue weighted by Gasteiger charge is 2.24. The van der Waals surface area contributed by atoms with E-state index in [1.54, 1.807) is 7.11 Å². The van der Waals surface area contributed by atoms with E-state index in [0.717, 1.165) is 11.1 Å². The third-order valence-corrected chi connectivity index (χ3v) is 4.40. The van der Waals surface area contributed by atoms with E-state index in [-0.39, 0.29) is 18.4 Å². The molecule has 0 aromatic heterocycles. The molecule has 1 saturated carbocycles. The molecule has 0 unspecified atom stereocenters. The van der Waals surface area contributed by atoms with Gasteiger partial charge in [0.25, 0.3) is 0 Å². The lowest BCUT2D eigenvalue weighted by Gasteiger charge is -2.21. The van der Waals surface area contributed by atoms with Gasteiger partial charge in [0, 0.05) is 11.4 Å². The average Bonchev–Trinajstić information content (AvgIpc) is 2.99. The van der Waals surface area contributed by atoms with Crippen molar-refractivity contribution in [3.05, 3.63) is 42.0 Å². The number of methoxy groups -OCH3 is 1. The molecule has 2 nitrogen and oxygen atoms in total. The Morgan fingerprint density at radius 2 is 1.70 bits per heavy atom. The van der Waals surface area contributed by atoms with Crippen molar-refractivity contribution in [2.24, 2.45) is 11.7 Å². The van der Waals surface area contributed by atoms with Gasteiger partial charge in [0.1, 0.15) is 5.75 Å². The Labute approximate surface area is 126 Å². The fraction of sp³-hybridized carbons (Fsp3) is 0.412. The van der Waals surface area contributed by atoms with Crippen LogP contribution in [0, 0.1) is 5.92 Å². The molecule has 1 aliphatic carbocycles. The third-order valence-electron chi connectivity index (χ3n) is 4.40. The molecule has 0 spiro atoms. The van der Waals surface area contributed by atoms with Crippen molar-refractivity contribution < 1.29 is 4.74 Å². The average molecular weight is 292 g/mol. The van der Waals surface area contributed by atoms with Crippen LogP contribution in [0.2, 0.25) is 0 Å². The Balaban J connectivity index is 0.00000147. The largest absolute Gasteiger partial charge is 0.496 e. The van der Waals surface area contributed by atoms with Gasteiger partial charge in [-0.25, -0.2) is 0 Å². The molecule has 3 rings (SSSR count). The molecule has 0 amide bonds. The molecular formula is C17H22ClNO. The Bertz CT molecular complexity index is 578. The van der Waals surface area contributed by atoms with Crippen LogP contribution in [-0.4, -0.2) is 7.11 Å². The number of rotatable bonds is 3. The molecule has 2 N–H and O–H groups in total. The second-order valence-electron chi connectivity index (χ2n) is 5.47. The molecule has 0 saturated heterocycles. The lowest BCUT2D eigenvalue weighted by atomic mass is 9.89. The Kier molecular flexibility index (Phi) is 4.90. The van der Waals surface area contributed by atoms with Gasteiger partial charge in [-0.2, -0.15) is 0 Å². The molecule has 1 aliphatic rings. The molecule has 1 fully saturated rings. The van der Waals surface area contributed by atoms with Crippen molar-refractivity contribution in [3.8, 4) is 5.75 Å². The summed E-state index contributed by atoms with van der Waals surface area (Å²) in [6.45, 7) is 0. The predicted molar refractivity (Wildman–Crippen MR) is 86.6 cm³/mol. The number of halogens is 1. The van der Waals surface area contributed by atoms with Crippen molar-refractivity contribution >= 4 is 23.2 Å². The summed E-state index contributed by atoms with van der Waals surface area (Å²) in [6.07, 6.45) is 5.18. The number of hydrogen-bond acceptors (Lipinski definition) is 2. The minimum Gasteiger partial charge on any atom is -0.496 e. The standard InChI is InChI=1S/C17H21NO.ClH/c1-19-16-11-10-15(13-8-4-5-9-14(13)16)17(18)12-6-2-3-7-12;/h4-5,8-12,17H,2-3,6-7,18H2,1H3;1H/t17-;/m1./s1. The molecule has 2 aromatic rings. The topological polar surface area (TPSA) is 35.2 Å². The maximum atomic E-state index is 6.52. The van der Waals surface area contributed by atoms with Crippen molar-refractivity contribution in [1.82, 2.24) is 0 Å². The van der Waals surface area contributed by atoms with Gasteiger partial charge in [0.2, 0.25) is 0 Å². The molecule has 3 heteroatoms. The van der Waals surface area contributed by atoms with Gasteiger partial charge in [-0.15, -0.1) is 12.4 Å². The van der Waals surface area contributed by atoms with Crippen molar-refractivity contribution in [2.45, 2.75) is 31.7 Å². The Hall–Kier alpha value is -1.25. The van der Waals surface area contributed by atoms with Crippen LogP contribution in [0.25, 0.3) is 10.8 Å². The van der Waals surface area contributed by atoms with E-state index in [0.29, 0.717) is 5.92 Å². The number of nitrogens with two attached hydrogens (primary N) is 1. The van der Waals surface area contributed by atoms with Gasteiger partial charge in [0.05, 0.1) is 7.11 Å².